The molecule has 0 amide bonds. The van der Waals surface area contributed by atoms with Gasteiger partial charge in [-0.05, 0) is 13.0 Å². The molecule has 86 valence electrons. The fourth-order valence-corrected chi connectivity index (χ4v) is 2.37. The van der Waals surface area contributed by atoms with E-state index in [0.717, 1.165) is 21.9 Å². The number of hydrogen-bond acceptors (Lipinski definition) is 5. The maximum Gasteiger partial charge on any atom is 0.215 e. The molecule has 3 heterocycles. The van der Waals surface area contributed by atoms with Crippen LogP contribution in [0.5, 0.6) is 5.88 Å². The third kappa shape index (κ3) is 1.66. The molecule has 0 bridgehead atoms. The fourth-order valence-electron chi connectivity index (χ4n) is 1.63. The lowest BCUT2D eigenvalue weighted by Crippen LogP contribution is -1.86. The number of nitrogens with zero attached hydrogens (tertiary/aromatic N) is 3. The lowest BCUT2D eigenvalue weighted by molar-refractivity contribution is 0.399. The van der Waals surface area contributed by atoms with Crippen LogP contribution in [0, 0.1) is 6.92 Å². The molecule has 0 unspecified atom stereocenters. The van der Waals surface area contributed by atoms with Crippen LogP contribution in [0.15, 0.2) is 17.6 Å². The summed E-state index contributed by atoms with van der Waals surface area (Å²) in [4.78, 5) is 17.2. The minimum Gasteiger partial charge on any atom is -0.481 e. The summed E-state index contributed by atoms with van der Waals surface area (Å²) in [5, 5.41) is 0. The molecule has 3 aromatic heterocycles. The smallest absolute Gasteiger partial charge is 0.215 e. The number of pyridine rings is 1. The van der Waals surface area contributed by atoms with Gasteiger partial charge in [0.25, 0.3) is 0 Å². The highest BCUT2D eigenvalue weighted by Crippen LogP contribution is 2.26. The molecule has 0 saturated heterocycles. The molecule has 0 radical (unpaired) electrons. The molecule has 5 nitrogen and oxygen atoms in total. The predicted octanol–water partition coefficient (Wildman–Crippen LogP) is 2.40. The van der Waals surface area contributed by atoms with Crippen LogP contribution in [-0.2, 0) is 0 Å². The number of thiazole rings is 1. The van der Waals surface area contributed by atoms with Gasteiger partial charge in [-0.15, -0.1) is 11.3 Å². The Morgan fingerprint density at radius 2 is 2.18 bits per heavy atom. The number of H-pyrrole nitrogens is 1. The Labute approximate surface area is 102 Å². The Bertz CT molecular complexity index is 673. The van der Waals surface area contributed by atoms with Crippen LogP contribution in [0.1, 0.15) is 5.69 Å². The molecule has 0 aliphatic heterocycles. The van der Waals surface area contributed by atoms with E-state index in [1.165, 1.54) is 0 Å². The molecule has 0 aliphatic rings. The van der Waals surface area contributed by atoms with E-state index in [0.29, 0.717) is 11.5 Å². The highest BCUT2D eigenvalue weighted by Gasteiger charge is 2.11. The Morgan fingerprint density at radius 1 is 1.29 bits per heavy atom. The number of aromatic nitrogens is 4. The normalized spacial score (nSPS) is 10.9. The molecule has 3 rings (SSSR count). The van der Waals surface area contributed by atoms with E-state index >= 15 is 0 Å². The van der Waals surface area contributed by atoms with E-state index in [1.807, 2.05) is 24.6 Å². The standard InChI is InChI=1S/C11H10N4OS/c1-6-9(17-5-12-6)11-13-7-3-4-8(16-2)14-10(7)15-11/h3-5H,1-2H3,(H,13,14,15). The number of aryl methyl sites for hydroxylation is 1. The van der Waals surface area contributed by atoms with Gasteiger partial charge >= 0.3 is 0 Å². The zero-order chi connectivity index (χ0) is 11.8. The van der Waals surface area contributed by atoms with Gasteiger partial charge in [0.1, 0.15) is 0 Å². The summed E-state index contributed by atoms with van der Waals surface area (Å²) in [5.41, 5.74) is 4.34. The van der Waals surface area contributed by atoms with E-state index in [1.54, 1.807) is 18.4 Å². The summed E-state index contributed by atoms with van der Waals surface area (Å²) in [6, 6.07) is 3.72. The summed E-state index contributed by atoms with van der Waals surface area (Å²) >= 11 is 1.56. The number of fused-ring (bicyclic) bond motifs is 1. The number of aromatic amines is 1. The number of methoxy groups -OCH3 is 1. The van der Waals surface area contributed by atoms with Gasteiger partial charge in [-0.3, -0.25) is 0 Å². The van der Waals surface area contributed by atoms with E-state index < -0.39 is 0 Å². The molecule has 0 aromatic carbocycles. The predicted molar refractivity (Wildman–Crippen MR) is 66.3 cm³/mol. The molecule has 0 aliphatic carbocycles. The van der Waals surface area contributed by atoms with Crippen molar-refractivity contribution < 1.29 is 4.74 Å². The topological polar surface area (TPSA) is 63.7 Å². The highest BCUT2D eigenvalue weighted by atomic mass is 32.1. The van der Waals surface area contributed by atoms with Crippen LogP contribution in [-0.4, -0.2) is 27.0 Å². The Hall–Kier alpha value is -1.95. The second-order valence-corrected chi connectivity index (χ2v) is 4.43. The van der Waals surface area contributed by atoms with E-state index in [-0.39, 0.29) is 0 Å². The van der Waals surface area contributed by atoms with Crippen molar-refractivity contribution in [3.05, 3.63) is 23.3 Å². The van der Waals surface area contributed by atoms with Crippen molar-refractivity contribution in [3.8, 4) is 16.6 Å². The number of hydrogen-bond donors (Lipinski definition) is 1. The summed E-state index contributed by atoms with van der Waals surface area (Å²) in [6.07, 6.45) is 0. The first-order valence-corrected chi connectivity index (χ1v) is 5.97. The SMILES string of the molecule is COc1ccc2[nH]c(-c3scnc3C)nc2n1. The molecule has 0 saturated carbocycles. The first-order valence-electron chi connectivity index (χ1n) is 5.09. The maximum atomic E-state index is 5.07. The quantitative estimate of drug-likeness (QED) is 0.754. The summed E-state index contributed by atoms with van der Waals surface area (Å²) in [5.74, 6) is 1.37. The minimum atomic E-state index is 0.566. The zero-order valence-electron chi connectivity index (χ0n) is 9.39. The second-order valence-electron chi connectivity index (χ2n) is 3.58. The Morgan fingerprint density at radius 3 is 2.88 bits per heavy atom. The van der Waals surface area contributed by atoms with Gasteiger partial charge in [0.15, 0.2) is 11.5 Å². The van der Waals surface area contributed by atoms with Crippen LogP contribution in [0.4, 0.5) is 0 Å². The summed E-state index contributed by atoms with van der Waals surface area (Å²) in [7, 11) is 1.59. The first-order chi connectivity index (χ1) is 8.28. The van der Waals surface area contributed by atoms with Crippen molar-refractivity contribution in [2.24, 2.45) is 0 Å². The second kappa shape index (κ2) is 3.81. The number of imidazole rings is 1. The molecule has 0 atom stereocenters. The lowest BCUT2D eigenvalue weighted by atomic mass is 10.4. The largest absolute Gasteiger partial charge is 0.481 e. The van der Waals surface area contributed by atoms with Gasteiger partial charge in [0.2, 0.25) is 5.88 Å². The maximum absolute atomic E-state index is 5.07. The van der Waals surface area contributed by atoms with Crippen molar-refractivity contribution in [2.45, 2.75) is 6.92 Å². The van der Waals surface area contributed by atoms with Crippen molar-refractivity contribution in [3.63, 3.8) is 0 Å². The van der Waals surface area contributed by atoms with E-state index in [9.17, 15) is 0 Å². The van der Waals surface area contributed by atoms with Crippen LogP contribution in [0.2, 0.25) is 0 Å². The van der Waals surface area contributed by atoms with Gasteiger partial charge in [0, 0.05) is 6.07 Å². The Balaban J connectivity index is 2.17. The summed E-state index contributed by atoms with van der Waals surface area (Å²) < 4.78 is 5.07. The average Bonchev–Trinajstić information content (AvgIpc) is 2.93. The molecular weight excluding hydrogens is 236 g/mol. The van der Waals surface area contributed by atoms with Gasteiger partial charge in [-0.1, -0.05) is 0 Å². The molecule has 17 heavy (non-hydrogen) atoms. The average molecular weight is 246 g/mol. The van der Waals surface area contributed by atoms with Crippen LogP contribution < -0.4 is 4.74 Å². The third-order valence-corrected chi connectivity index (χ3v) is 3.43. The highest BCUT2D eigenvalue weighted by molar-refractivity contribution is 7.13. The van der Waals surface area contributed by atoms with Crippen molar-refractivity contribution in [1.82, 2.24) is 19.9 Å². The molecule has 3 aromatic rings. The van der Waals surface area contributed by atoms with Crippen molar-refractivity contribution in [1.29, 1.82) is 0 Å². The molecule has 6 heteroatoms. The number of rotatable bonds is 2. The molecule has 0 spiro atoms. The van der Waals surface area contributed by atoms with Crippen LogP contribution in [0.25, 0.3) is 21.9 Å². The lowest BCUT2D eigenvalue weighted by Gasteiger charge is -1.95. The van der Waals surface area contributed by atoms with Crippen LogP contribution in [0.3, 0.4) is 0 Å². The zero-order valence-corrected chi connectivity index (χ0v) is 10.2. The monoisotopic (exact) mass is 246 g/mol. The Kier molecular flexibility index (Phi) is 2.29. The van der Waals surface area contributed by atoms with Gasteiger partial charge in [-0.2, -0.15) is 4.98 Å². The molecular formula is C11H10N4OS. The van der Waals surface area contributed by atoms with Crippen molar-refractivity contribution in [2.75, 3.05) is 7.11 Å². The van der Waals surface area contributed by atoms with E-state index in [4.69, 9.17) is 4.74 Å². The molecule has 1 N–H and O–H groups in total. The fraction of sp³-hybridized carbons (Fsp3) is 0.182. The van der Waals surface area contributed by atoms with Gasteiger partial charge in [-0.25, -0.2) is 9.97 Å². The summed E-state index contributed by atoms with van der Waals surface area (Å²) in [6.45, 7) is 1.97. The molecule has 0 fully saturated rings. The first kappa shape index (κ1) is 10.2. The third-order valence-electron chi connectivity index (χ3n) is 2.49. The van der Waals surface area contributed by atoms with Gasteiger partial charge < -0.3 is 9.72 Å². The van der Waals surface area contributed by atoms with Crippen LogP contribution >= 0.6 is 11.3 Å². The number of ether oxygens (including phenoxy) is 1. The van der Waals surface area contributed by atoms with Gasteiger partial charge in [0.05, 0.1) is 28.7 Å². The number of nitrogens with one attached hydrogen (secondary N) is 1. The minimum absolute atomic E-state index is 0.566. The van der Waals surface area contributed by atoms with Crippen molar-refractivity contribution >= 4 is 22.5 Å². The van der Waals surface area contributed by atoms with E-state index in [2.05, 4.69) is 19.9 Å².